The number of benzene rings is 7. The standard InChI is InChI=1S/C45H28N4OS/c1-46-33-17-11-21-39-42(33)43(32-16-7-10-20-38(32)51-39)47-26-48-34-18-8-5-14-30(34)40-36(48)24-22-28-29-23-25-37-41(45(29)50-44(28)40)31-15-6-9-19-35(31)49(37)27-12-3-2-4-13-27/h2-26H,1H3/b46-33-,47-26+. The lowest BCUT2D eigenvalue weighted by Crippen LogP contribution is -2.06. The number of fused-ring (bicyclic) bond motifs is 13. The van der Waals surface area contributed by atoms with Crippen LogP contribution in [0.4, 0.5) is 5.69 Å². The minimum atomic E-state index is 0.888. The van der Waals surface area contributed by atoms with Gasteiger partial charge in [-0.1, -0.05) is 78.9 Å². The molecule has 2 aliphatic rings. The first-order chi connectivity index (χ1) is 25.3. The number of rotatable bonds is 3. The van der Waals surface area contributed by atoms with Gasteiger partial charge >= 0.3 is 0 Å². The van der Waals surface area contributed by atoms with E-state index in [1.54, 1.807) is 11.3 Å². The summed E-state index contributed by atoms with van der Waals surface area (Å²) in [4.78, 5) is 11.1. The van der Waals surface area contributed by atoms with Gasteiger partial charge < -0.3 is 8.98 Å². The van der Waals surface area contributed by atoms with Gasteiger partial charge in [0.25, 0.3) is 0 Å². The Morgan fingerprint density at radius 3 is 1.98 bits per heavy atom. The van der Waals surface area contributed by atoms with Crippen LogP contribution in [0.25, 0.3) is 91.8 Å². The second-order valence-corrected chi connectivity index (χ2v) is 14.0. The molecule has 0 atom stereocenters. The molecule has 11 rings (SSSR count). The highest BCUT2D eigenvalue weighted by Gasteiger charge is 2.22. The van der Waals surface area contributed by atoms with E-state index in [1.807, 2.05) is 13.4 Å². The fourth-order valence-electron chi connectivity index (χ4n) is 8.09. The maximum absolute atomic E-state index is 7.08. The Balaban J connectivity index is 1.20. The Morgan fingerprint density at radius 2 is 1.20 bits per heavy atom. The van der Waals surface area contributed by atoms with Crippen LogP contribution in [0.5, 0.6) is 0 Å². The molecule has 1 aliphatic carbocycles. The van der Waals surface area contributed by atoms with Gasteiger partial charge in [-0.05, 0) is 66.7 Å². The highest BCUT2D eigenvalue weighted by Crippen LogP contribution is 2.45. The summed E-state index contributed by atoms with van der Waals surface area (Å²) < 4.78 is 12.8. The van der Waals surface area contributed by atoms with Crippen LogP contribution >= 0.6 is 11.3 Å². The molecule has 9 aromatic rings. The summed E-state index contributed by atoms with van der Waals surface area (Å²) in [6, 6.07) is 51.4. The Morgan fingerprint density at radius 1 is 0.549 bits per heavy atom. The molecule has 0 saturated heterocycles. The highest BCUT2D eigenvalue weighted by atomic mass is 32.1. The SMILES string of the molecule is C/N=c1/cccc2sc3ccccc3c(/N=C/n3c4ccccc4c4c5oc6c(ccc7c6c6ccccc6n7-c6ccccc6)c5ccc43)c1-2. The van der Waals surface area contributed by atoms with E-state index in [0.717, 1.165) is 92.7 Å². The molecule has 0 unspecified atom stereocenters. The number of furan rings is 1. The molecular weight excluding hydrogens is 645 g/mol. The molecule has 5 nitrogen and oxygen atoms in total. The topological polar surface area (TPSA) is 47.7 Å². The number of aromatic nitrogens is 2. The van der Waals surface area contributed by atoms with E-state index >= 15 is 0 Å². The third-order valence-corrected chi connectivity index (χ3v) is 11.4. The van der Waals surface area contributed by atoms with Gasteiger partial charge in [0.15, 0.2) is 0 Å². The number of para-hydroxylation sites is 3. The van der Waals surface area contributed by atoms with Gasteiger partial charge in [0, 0.05) is 54.8 Å². The molecule has 0 amide bonds. The van der Waals surface area contributed by atoms with Crippen molar-refractivity contribution in [3.05, 3.63) is 151 Å². The van der Waals surface area contributed by atoms with Crippen LogP contribution in [0.15, 0.2) is 160 Å². The molecule has 4 heterocycles. The predicted molar refractivity (Wildman–Crippen MR) is 215 cm³/mol. The van der Waals surface area contributed by atoms with Gasteiger partial charge in [-0.15, -0.1) is 11.3 Å². The summed E-state index contributed by atoms with van der Waals surface area (Å²) in [6.45, 7) is 0. The molecule has 0 radical (unpaired) electrons. The van der Waals surface area contributed by atoms with E-state index < -0.39 is 0 Å². The molecule has 0 bridgehead atoms. The van der Waals surface area contributed by atoms with Crippen molar-refractivity contribution in [3.8, 4) is 16.1 Å². The van der Waals surface area contributed by atoms with Gasteiger partial charge in [-0.2, -0.15) is 0 Å². The van der Waals surface area contributed by atoms with Gasteiger partial charge in [0.05, 0.1) is 43.9 Å². The fourth-order valence-corrected chi connectivity index (χ4v) is 9.20. The normalized spacial score (nSPS) is 12.8. The quantitative estimate of drug-likeness (QED) is 0.105. The van der Waals surface area contributed by atoms with E-state index in [4.69, 9.17) is 9.41 Å². The second kappa shape index (κ2) is 10.7. The summed E-state index contributed by atoms with van der Waals surface area (Å²) in [5, 5.41) is 8.78. The van der Waals surface area contributed by atoms with Gasteiger partial charge in [0.1, 0.15) is 17.5 Å². The smallest absolute Gasteiger partial charge is 0.145 e. The van der Waals surface area contributed by atoms with Crippen molar-refractivity contribution in [2.45, 2.75) is 0 Å². The minimum Gasteiger partial charge on any atom is -0.455 e. The van der Waals surface area contributed by atoms with Gasteiger partial charge in [0.2, 0.25) is 0 Å². The van der Waals surface area contributed by atoms with E-state index in [9.17, 15) is 0 Å². The van der Waals surface area contributed by atoms with Crippen molar-refractivity contribution < 1.29 is 4.42 Å². The van der Waals surface area contributed by atoms with E-state index in [2.05, 4.69) is 160 Å². The van der Waals surface area contributed by atoms with Crippen LogP contribution in [-0.2, 0) is 0 Å². The molecular formula is C45H28N4OS. The molecule has 0 fully saturated rings. The van der Waals surface area contributed by atoms with Gasteiger partial charge in [-0.3, -0.25) is 9.56 Å². The predicted octanol–water partition coefficient (Wildman–Crippen LogP) is 11.8. The minimum absolute atomic E-state index is 0.888. The molecule has 240 valence electrons. The maximum Gasteiger partial charge on any atom is 0.145 e. The first-order valence-corrected chi connectivity index (χ1v) is 17.9. The summed E-state index contributed by atoms with van der Waals surface area (Å²) in [6.07, 6.45) is 1.98. The third-order valence-electron chi connectivity index (χ3n) is 10.3. The van der Waals surface area contributed by atoms with Crippen molar-refractivity contribution in [1.82, 2.24) is 9.13 Å². The van der Waals surface area contributed by atoms with Crippen molar-refractivity contribution in [3.63, 3.8) is 0 Å². The van der Waals surface area contributed by atoms with Gasteiger partial charge in [-0.25, -0.2) is 4.99 Å². The average Bonchev–Trinajstić information content (AvgIpc) is 3.84. The third kappa shape index (κ3) is 3.96. The van der Waals surface area contributed by atoms with Crippen molar-refractivity contribution in [1.29, 1.82) is 0 Å². The van der Waals surface area contributed by atoms with E-state index in [0.29, 0.717) is 0 Å². The molecule has 6 aromatic carbocycles. The number of aliphatic imine (C=N–C) groups is 1. The Labute approximate surface area is 295 Å². The average molecular weight is 673 g/mol. The summed E-state index contributed by atoms with van der Waals surface area (Å²) in [7, 11) is 1.85. The number of hydrogen-bond acceptors (Lipinski definition) is 4. The first-order valence-electron chi connectivity index (χ1n) is 17.1. The Bertz CT molecular complexity index is 3270. The largest absolute Gasteiger partial charge is 0.455 e. The zero-order valence-corrected chi connectivity index (χ0v) is 28.4. The number of nitrogens with zero attached hydrogens (tertiary/aromatic N) is 4. The zero-order chi connectivity index (χ0) is 33.6. The summed E-state index contributed by atoms with van der Waals surface area (Å²) in [5.74, 6) is 0. The zero-order valence-electron chi connectivity index (χ0n) is 27.5. The van der Waals surface area contributed by atoms with E-state index in [-0.39, 0.29) is 0 Å². The molecule has 0 N–H and O–H groups in total. The highest BCUT2D eigenvalue weighted by molar-refractivity contribution is 7.21. The molecule has 3 aromatic heterocycles. The fraction of sp³-hybridized carbons (Fsp3) is 0.0222. The lowest BCUT2D eigenvalue weighted by atomic mass is 10.1. The lowest BCUT2D eigenvalue weighted by molar-refractivity contribution is 0.677. The van der Waals surface area contributed by atoms with Crippen LogP contribution in [-0.4, -0.2) is 22.5 Å². The summed E-state index contributed by atoms with van der Waals surface area (Å²) in [5.41, 5.74) is 9.32. The molecule has 0 saturated carbocycles. The van der Waals surface area contributed by atoms with Crippen molar-refractivity contribution in [2.75, 3.05) is 7.05 Å². The molecule has 6 heteroatoms. The molecule has 1 aliphatic heterocycles. The Hall–Kier alpha value is -6.50. The van der Waals surface area contributed by atoms with Crippen molar-refractivity contribution >= 4 is 99.0 Å². The van der Waals surface area contributed by atoms with Crippen LogP contribution < -0.4 is 5.36 Å². The Kier molecular flexibility index (Phi) is 5.97. The van der Waals surface area contributed by atoms with Crippen LogP contribution in [0.3, 0.4) is 0 Å². The molecule has 0 spiro atoms. The van der Waals surface area contributed by atoms with Crippen LogP contribution in [0.1, 0.15) is 0 Å². The van der Waals surface area contributed by atoms with Crippen LogP contribution in [0.2, 0.25) is 0 Å². The first kappa shape index (κ1) is 28.3. The van der Waals surface area contributed by atoms with E-state index in [1.165, 1.54) is 10.1 Å². The molecule has 51 heavy (non-hydrogen) atoms. The lowest BCUT2D eigenvalue weighted by Gasteiger charge is -2.12. The maximum atomic E-state index is 7.08. The van der Waals surface area contributed by atoms with Crippen LogP contribution in [0, 0.1) is 0 Å². The second-order valence-electron chi connectivity index (χ2n) is 12.9. The van der Waals surface area contributed by atoms with Crippen molar-refractivity contribution in [2.24, 2.45) is 9.98 Å². The number of hydrogen-bond donors (Lipinski definition) is 0. The monoisotopic (exact) mass is 672 g/mol. The summed E-state index contributed by atoms with van der Waals surface area (Å²) >= 11 is 1.77.